The van der Waals surface area contributed by atoms with Crippen LogP contribution in [0.1, 0.15) is 111 Å². The predicted molar refractivity (Wildman–Crippen MR) is 117 cm³/mol. The summed E-state index contributed by atoms with van der Waals surface area (Å²) in [6, 6.07) is 2.31. The van der Waals surface area contributed by atoms with E-state index in [0.29, 0.717) is 10.5 Å². The summed E-state index contributed by atoms with van der Waals surface area (Å²) < 4.78 is 0.331. The lowest BCUT2D eigenvalue weighted by Crippen LogP contribution is -2.25. The molecule has 26 heavy (non-hydrogen) atoms. The second kappa shape index (κ2) is 7.78. The van der Waals surface area contributed by atoms with Crippen LogP contribution >= 0.6 is 11.8 Å². The Labute approximate surface area is 166 Å². The van der Waals surface area contributed by atoms with Crippen LogP contribution in [-0.2, 0) is 17.3 Å². The van der Waals surface area contributed by atoms with E-state index in [4.69, 9.17) is 0 Å². The number of benzene rings is 1. The zero-order valence-electron chi connectivity index (χ0n) is 18.4. The minimum atomic E-state index is -0.0439. The summed E-state index contributed by atoms with van der Waals surface area (Å²) in [4.78, 5) is 1.44. The second-order valence-electron chi connectivity index (χ2n) is 10.3. The number of hydrogen-bond acceptors (Lipinski definition) is 2. The SMILES string of the molecule is CCCCC1(CCCC)Cc2c(cc(C(C)(C)C)c(O)c2C(C)(C)C)S1. The summed E-state index contributed by atoms with van der Waals surface area (Å²) in [7, 11) is 0. The lowest BCUT2D eigenvalue weighted by Gasteiger charge is -2.30. The van der Waals surface area contributed by atoms with Crippen molar-refractivity contribution in [3.05, 3.63) is 22.8 Å². The fourth-order valence-corrected chi connectivity index (χ4v) is 5.98. The Hall–Kier alpha value is -0.630. The fraction of sp³-hybridized carbons (Fsp3) is 0.750. The van der Waals surface area contributed by atoms with Gasteiger partial charge in [0, 0.05) is 20.8 Å². The molecule has 0 atom stereocenters. The van der Waals surface area contributed by atoms with Crippen molar-refractivity contribution in [2.75, 3.05) is 0 Å². The van der Waals surface area contributed by atoms with Crippen LogP contribution in [0.4, 0.5) is 0 Å². The summed E-state index contributed by atoms with van der Waals surface area (Å²) >= 11 is 2.12. The van der Waals surface area contributed by atoms with Crippen LogP contribution in [-0.4, -0.2) is 9.85 Å². The molecule has 1 aromatic rings. The highest BCUT2D eigenvalue weighted by atomic mass is 32.2. The third-order valence-electron chi connectivity index (χ3n) is 5.72. The Morgan fingerprint density at radius 1 is 0.962 bits per heavy atom. The number of phenols is 1. The molecule has 0 spiro atoms. The van der Waals surface area contributed by atoms with Crippen molar-refractivity contribution in [1.29, 1.82) is 0 Å². The Balaban J connectivity index is 2.59. The fourth-order valence-electron chi connectivity index (χ4n) is 4.33. The first-order chi connectivity index (χ1) is 11.9. The number of fused-ring (bicyclic) bond motifs is 1. The minimum Gasteiger partial charge on any atom is -0.507 e. The molecule has 1 aliphatic rings. The first-order valence-electron chi connectivity index (χ1n) is 10.5. The quantitative estimate of drug-likeness (QED) is 0.547. The monoisotopic (exact) mass is 376 g/mol. The Kier molecular flexibility index (Phi) is 6.48. The first kappa shape index (κ1) is 21.7. The van der Waals surface area contributed by atoms with Crippen LogP contribution < -0.4 is 0 Å². The number of hydrogen-bond donors (Lipinski definition) is 1. The maximum Gasteiger partial charge on any atom is 0.123 e. The molecule has 0 amide bonds. The molecule has 0 saturated carbocycles. The Morgan fingerprint density at radius 2 is 1.50 bits per heavy atom. The lowest BCUT2D eigenvalue weighted by molar-refractivity contribution is 0.416. The van der Waals surface area contributed by atoms with Crippen molar-refractivity contribution in [2.24, 2.45) is 0 Å². The number of unbranched alkanes of at least 4 members (excludes halogenated alkanes) is 2. The molecule has 2 heteroatoms. The molecule has 1 nitrogen and oxygen atoms in total. The van der Waals surface area contributed by atoms with E-state index in [9.17, 15) is 5.11 Å². The van der Waals surface area contributed by atoms with E-state index >= 15 is 0 Å². The van der Waals surface area contributed by atoms with Gasteiger partial charge in [0.25, 0.3) is 0 Å². The smallest absolute Gasteiger partial charge is 0.123 e. The van der Waals surface area contributed by atoms with Crippen LogP contribution in [0, 0.1) is 0 Å². The molecule has 148 valence electrons. The van der Waals surface area contributed by atoms with Gasteiger partial charge in [-0.25, -0.2) is 0 Å². The van der Waals surface area contributed by atoms with E-state index in [1.54, 1.807) is 0 Å². The van der Waals surface area contributed by atoms with Gasteiger partial charge in [-0.3, -0.25) is 0 Å². The number of thioether (sulfide) groups is 1. The molecule has 2 rings (SSSR count). The van der Waals surface area contributed by atoms with E-state index in [1.807, 2.05) is 0 Å². The molecule has 0 bridgehead atoms. The van der Waals surface area contributed by atoms with Crippen molar-refractivity contribution in [3.63, 3.8) is 0 Å². The number of rotatable bonds is 6. The van der Waals surface area contributed by atoms with Gasteiger partial charge < -0.3 is 5.11 Å². The Bertz CT molecular complexity index is 623. The highest BCUT2D eigenvalue weighted by Gasteiger charge is 2.42. The van der Waals surface area contributed by atoms with Crippen LogP contribution in [0.2, 0.25) is 0 Å². The molecule has 0 aliphatic carbocycles. The van der Waals surface area contributed by atoms with Gasteiger partial charge in [-0.2, -0.15) is 0 Å². The molecular formula is C24H40OS. The van der Waals surface area contributed by atoms with E-state index in [2.05, 4.69) is 73.2 Å². The van der Waals surface area contributed by atoms with Gasteiger partial charge in [0.05, 0.1) is 0 Å². The van der Waals surface area contributed by atoms with Gasteiger partial charge >= 0.3 is 0 Å². The van der Waals surface area contributed by atoms with Crippen molar-refractivity contribution < 1.29 is 5.11 Å². The number of phenolic OH excluding ortho intramolecular Hbond substituents is 1. The zero-order valence-corrected chi connectivity index (χ0v) is 19.2. The van der Waals surface area contributed by atoms with Crippen LogP contribution in [0.5, 0.6) is 5.75 Å². The molecule has 1 N–H and O–H groups in total. The molecular weight excluding hydrogens is 336 g/mol. The predicted octanol–water partition coefficient (Wildman–Crippen LogP) is 7.75. The third kappa shape index (κ3) is 4.43. The van der Waals surface area contributed by atoms with Crippen molar-refractivity contribution in [2.45, 2.75) is 121 Å². The average Bonchev–Trinajstić information content (AvgIpc) is 2.86. The highest BCUT2D eigenvalue weighted by Crippen LogP contribution is 2.56. The first-order valence-corrected chi connectivity index (χ1v) is 11.4. The van der Waals surface area contributed by atoms with Crippen LogP contribution in [0.25, 0.3) is 0 Å². The van der Waals surface area contributed by atoms with E-state index in [-0.39, 0.29) is 10.8 Å². The molecule has 1 aliphatic heterocycles. The number of aromatic hydroxyl groups is 1. The summed E-state index contributed by atoms with van der Waals surface area (Å²) in [5, 5.41) is 11.2. The molecule has 0 radical (unpaired) electrons. The van der Waals surface area contributed by atoms with E-state index in [1.165, 1.54) is 54.5 Å². The van der Waals surface area contributed by atoms with Gasteiger partial charge in [0.15, 0.2) is 0 Å². The second-order valence-corrected chi connectivity index (χ2v) is 11.8. The molecule has 0 saturated heterocycles. The molecule has 0 fully saturated rings. The van der Waals surface area contributed by atoms with Crippen molar-refractivity contribution in [3.8, 4) is 5.75 Å². The summed E-state index contributed by atoms with van der Waals surface area (Å²) in [5.41, 5.74) is 3.65. The average molecular weight is 377 g/mol. The van der Waals surface area contributed by atoms with Crippen LogP contribution in [0.3, 0.4) is 0 Å². The van der Waals surface area contributed by atoms with Crippen molar-refractivity contribution >= 4 is 11.8 Å². The standard InChI is InChI=1S/C24H40OS/c1-9-11-13-24(14-12-10-2)16-17-19(26-24)15-18(22(3,4)5)21(25)20(17)23(6,7)8/h15,25H,9-14,16H2,1-8H3. The topological polar surface area (TPSA) is 20.2 Å². The van der Waals surface area contributed by atoms with E-state index < -0.39 is 0 Å². The highest BCUT2D eigenvalue weighted by molar-refractivity contribution is 8.01. The maximum atomic E-state index is 11.2. The van der Waals surface area contributed by atoms with Gasteiger partial charge in [-0.05, 0) is 41.7 Å². The van der Waals surface area contributed by atoms with Gasteiger partial charge in [0.2, 0.25) is 0 Å². The summed E-state index contributed by atoms with van der Waals surface area (Å²) in [6.07, 6.45) is 8.82. The van der Waals surface area contributed by atoms with Crippen LogP contribution in [0.15, 0.2) is 11.0 Å². The largest absolute Gasteiger partial charge is 0.507 e. The molecule has 1 aromatic carbocycles. The zero-order chi connectivity index (χ0) is 19.8. The third-order valence-corrected chi connectivity index (χ3v) is 7.29. The van der Waals surface area contributed by atoms with E-state index in [0.717, 1.165) is 12.0 Å². The van der Waals surface area contributed by atoms with Gasteiger partial charge in [-0.1, -0.05) is 81.1 Å². The normalized spacial score (nSPS) is 16.8. The van der Waals surface area contributed by atoms with Gasteiger partial charge in [0.1, 0.15) is 5.75 Å². The lowest BCUT2D eigenvalue weighted by atomic mass is 9.75. The molecule has 1 heterocycles. The maximum absolute atomic E-state index is 11.2. The van der Waals surface area contributed by atoms with Gasteiger partial charge in [-0.15, -0.1) is 11.8 Å². The molecule has 0 unspecified atom stereocenters. The summed E-state index contributed by atoms with van der Waals surface area (Å²) in [6.45, 7) is 18.0. The molecule has 0 aromatic heterocycles. The summed E-state index contributed by atoms with van der Waals surface area (Å²) in [5.74, 6) is 0.547. The Morgan fingerprint density at radius 3 is 1.92 bits per heavy atom. The minimum absolute atomic E-state index is 0.0401. The van der Waals surface area contributed by atoms with Crippen molar-refractivity contribution in [1.82, 2.24) is 0 Å².